The standard InChI is InChI=1S/C17H19NO5S/c1-12-3-6-14(7-4-12)24(20,21)18-10-17(2,19)13-5-8-15-16(9-13)23-11-22-15/h3-9,18-19H,10-11H2,1-2H3. The van der Waals surface area contributed by atoms with E-state index in [-0.39, 0.29) is 18.2 Å². The van der Waals surface area contributed by atoms with Crippen LogP contribution in [0.2, 0.25) is 0 Å². The lowest BCUT2D eigenvalue weighted by atomic mass is 9.96. The monoisotopic (exact) mass is 349 g/mol. The number of sulfonamides is 1. The quantitative estimate of drug-likeness (QED) is 0.861. The molecule has 2 N–H and O–H groups in total. The molecule has 0 spiro atoms. The summed E-state index contributed by atoms with van der Waals surface area (Å²) in [5, 5.41) is 10.6. The summed E-state index contributed by atoms with van der Waals surface area (Å²) in [7, 11) is -3.70. The Kier molecular flexibility index (Phi) is 4.25. The van der Waals surface area contributed by atoms with Crippen molar-refractivity contribution in [2.24, 2.45) is 0 Å². The van der Waals surface area contributed by atoms with Crippen LogP contribution in [-0.2, 0) is 15.6 Å². The van der Waals surface area contributed by atoms with Gasteiger partial charge in [0.15, 0.2) is 11.5 Å². The van der Waals surface area contributed by atoms with Crippen LogP contribution in [0.1, 0.15) is 18.1 Å². The highest BCUT2D eigenvalue weighted by molar-refractivity contribution is 7.89. The van der Waals surface area contributed by atoms with Crippen LogP contribution in [0.3, 0.4) is 0 Å². The van der Waals surface area contributed by atoms with Crippen molar-refractivity contribution < 1.29 is 23.0 Å². The zero-order valence-corrected chi connectivity index (χ0v) is 14.3. The van der Waals surface area contributed by atoms with Gasteiger partial charge < -0.3 is 14.6 Å². The summed E-state index contributed by atoms with van der Waals surface area (Å²) in [5.74, 6) is 1.14. The highest BCUT2D eigenvalue weighted by Crippen LogP contribution is 2.35. The molecule has 1 unspecified atom stereocenters. The van der Waals surface area contributed by atoms with Crippen LogP contribution in [0.4, 0.5) is 0 Å². The Balaban J connectivity index is 1.76. The molecule has 128 valence electrons. The first kappa shape index (κ1) is 16.8. The summed E-state index contributed by atoms with van der Waals surface area (Å²) in [5.41, 5.74) is 0.123. The summed E-state index contributed by atoms with van der Waals surface area (Å²) in [6.45, 7) is 3.40. The molecule has 0 bridgehead atoms. The van der Waals surface area contributed by atoms with Crippen molar-refractivity contribution in [3.8, 4) is 11.5 Å². The van der Waals surface area contributed by atoms with Crippen molar-refractivity contribution in [1.82, 2.24) is 4.72 Å². The van der Waals surface area contributed by atoms with Crippen LogP contribution < -0.4 is 14.2 Å². The number of aryl methyl sites for hydroxylation is 1. The van der Waals surface area contributed by atoms with E-state index in [2.05, 4.69) is 4.72 Å². The number of fused-ring (bicyclic) bond motifs is 1. The molecule has 0 aromatic heterocycles. The molecule has 0 amide bonds. The van der Waals surface area contributed by atoms with Crippen molar-refractivity contribution >= 4 is 10.0 Å². The molecular formula is C17H19NO5S. The van der Waals surface area contributed by atoms with Crippen molar-refractivity contribution in [1.29, 1.82) is 0 Å². The fourth-order valence-corrected chi connectivity index (χ4v) is 3.50. The van der Waals surface area contributed by atoms with Gasteiger partial charge in [-0.25, -0.2) is 13.1 Å². The second-order valence-electron chi connectivity index (χ2n) is 5.98. The zero-order chi connectivity index (χ0) is 17.4. The number of rotatable bonds is 5. The minimum absolute atomic E-state index is 0.140. The maximum Gasteiger partial charge on any atom is 0.240 e. The predicted octanol–water partition coefficient (Wildman–Crippen LogP) is 1.91. The minimum atomic E-state index is -3.70. The Morgan fingerprint density at radius 1 is 1.12 bits per heavy atom. The van der Waals surface area contributed by atoms with E-state index in [0.717, 1.165) is 5.56 Å². The van der Waals surface area contributed by atoms with Crippen molar-refractivity contribution in [2.45, 2.75) is 24.3 Å². The number of aliphatic hydroxyl groups is 1. The van der Waals surface area contributed by atoms with Crippen LogP contribution in [-0.4, -0.2) is 26.9 Å². The third kappa shape index (κ3) is 3.38. The van der Waals surface area contributed by atoms with Gasteiger partial charge in [-0.15, -0.1) is 0 Å². The lowest BCUT2D eigenvalue weighted by Gasteiger charge is -2.24. The maximum absolute atomic E-state index is 12.3. The normalized spacial score (nSPS) is 16.0. The smallest absolute Gasteiger partial charge is 0.240 e. The van der Waals surface area contributed by atoms with E-state index in [4.69, 9.17) is 9.47 Å². The lowest BCUT2D eigenvalue weighted by molar-refractivity contribution is 0.0625. The maximum atomic E-state index is 12.3. The molecule has 6 nitrogen and oxygen atoms in total. The first-order chi connectivity index (χ1) is 11.3. The third-order valence-corrected chi connectivity index (χ3v) is 5.35. The largest absolute Gasteiger partial charge is 0.454 e. The van der Waals surface area contributed by atoms with Crippen LogP contribution in [0, 0.1) is 6.92 Å². The molecule has 0 fully saturated rings. The van der Waals surface area contributed by atoms with Gasteiger partial charge in [0.05, 0.1) is 4.90 Å². The van der Waals surface area contributed by atoms with Gasteiger partial charge in [0.1, 0.15) is 5.60 Å². The Bertz CT molecular complexity index is 844. The molecule has 7 heteroatoms. The molecule has 2 aromatic rings. The van der Waals surface area contributed by atoms with E-state index in [1.807, 2.05) is 6.92 Å². The van der Waals surface area contributed by atoms with E-state index in [9.17, 15) is 13.5 Å². The fraction of sp³-hybridized carbons (Fsp3) is 0.294. The number of nitrogens with one attached hydrogen (secondary N) is 1. The number of hydrogen-bond donors (Lipinski definition) is 2. The van der Waals surface area contributed by atoms with Gasteiger partial charge in [-0.05, 0) is 43.7 Å². The van der Waals surface area contributed by atoms with Crippen LogP contribution >= 0.6 is 0 Å². The third-order valence-electron chi connectivity index (χ3n) is 3.93. The Morgan fingerprint density at radius 2 is 1.79 bits per heavy atom. The van der Waals surface area contributed by atoms with Gasteiger partial charge in [-0.2, -0.15) is 0 Å². The summed E-state index contributed by atoms with van der Waals surface area (Å²) >= 11 is 0. The van der Waals surface area contributed by atoms with Gasteiger partial charge in [0, 0.05) is 6.54 Å². The second-order valence-corrected chi connectivity index (χ2v) is 7.75. The summed E-state index contributed by atoms with van der Waals surface area (Å²) in [6.07, 6.45) is 0. The topological polar surface area (TPSA) is 84.9 Å². The molecule has 0 saturated carbocycles. The van der Waals surface area contributed by atoms with E-state index in [0.29, 0.717) is 17.1 Å². The summed E-state index contributed by atoms with van der Waals surface area (Å²) < 4.78 is 37.7. The van der Waals surface area contributed by atoms with Crippen molar-refractivity contribution in [2.75, 3.05) is 13.3 Å². The lowest BCUT2D eigenvalue weighted by Crippen LogP contribution is -2.38. The SMILES string of the molecule is Cc1ccc(S(=O)(=O)NCC(C)(O)c2ccc3c(c2)OCO3)cc1. The minimum Gasteiger partial charge on any atom is -0.454 e. The molecule has 1 heterocycles. The molecular weight excluding hydrogens is 330 g/mol. The van der Waals surface area contributed by atoms with Crippen molar-refractivity contribution in [3.63, 3.8) is 0 Å². The second kappa shape index (κ2) is 6.08. The fourth-order valence-electron chi connectivity index (χ4n) is 2.37. The number of ether oxygens (including phenoxy) is 2. The van der Waals surface area contributed by atoms with Crippen molar-refractivity contribution in [3.05, 3.63) is 53.6 Å². The highest BCUT2D eigenvalue weighted by atomic mass is 32.2. The van der Waals surface area contributed by atoms with Crippen LogP contribution in [0.15, 0.2) is 47.4 Å². The van der Waals surface area contributed by atoms with Gasteiger partial charge in [0.2, 0.25) is 16.8 Å². The molecule has 0 radical (unpaired) electrons. The molecule has 24 heavy (non-hydrogen) atoms. The Hall–Kier alpha value is -2.09. The molecule has 1 atom stereocenters. The average Bonchev–Trinajstić information content (AvgIpc) is 3.01. The van der Waals surface area contributed by atoms with Gasteiger partial charge >= 0.3 is 0 Å². The Morgan fingerprint density at radius 3 is 2.50 bits per heavy atom. The first-order valence-corrected chi connectivity index (χ1v) is 8.95. The molecule has 1 aliphatic rings. The molecule has 0 saturated heterocycles. The molecule has 3 rings (SSSR count). The van der Waals surface area contributed by atoms with E-state index in [1.54, 1.807) is 37.3 Å². The Labute approximate surface area is 141 Å². The highest BCUT2D eigenvalue weighted by Gasteiger charge is 2.28. The number of hydrogen-bond acceptors (Lipinski definition) is 5. The van der Waals surface area contributed by atoms with Gasteiger partial charge in [-0.1, -0.05) is 23.8 Å². The summed E-state index contributed by atoms with van der Waals surface area (Å²) in [4.78, 5) is 0.162. The molecule has 0 aliphatic carbocycles. The zero-order valence-electron chi connectivity index (χ0n) is 13.4. The number of benzene rings is 2. The molecule has 1 aliphatic heterocycles. The van der Waals surface area contributed by atoms with E-state index < -0.39 is 15.6 Å². The van der Waals surface area contributed by atoms with Crippen LogP contribution in [0.5, 0.6) is 11.5 Å². The van der Waals surface area contributed by atoms with E-state index >= 15 is 0 Å². The van der Waals surface area contributed by atoms with E-state index in [1.165, 1.54) is 12.1 Å². The average molecular weight is 349 g/mol. The predicted molar refractivity (Wildman–Crippen MR) is 88.5 cm³/mol. The van der Waals surface area contributed by atoms with Crippen LogP contribution in [0.25, 0.3) is 0 Å². The van der Waals surface area contributed by atoms with Gasteiger partial charge in [0.25, 0.3) is 0 Å². The first-order valence-electron chi connectivity index (χ1n) is 7.47. The molecule has 2 aromatic carbocycles. The summed E-state index contributed by atoms with van der Waals surface area (Å²) in [6, 6.07) is 11.6. The van der Waals surface area contributed by atoms with Gasteiger partial charge in [-0.3, -0.25) is 0 Å².